The Morgan fingerprint density at radius 2 is 2.14 bits per heavy atom. The van der Waals surface area contributed by atoms with Crippen LogP contribution in [0.5, 0.6) is 5.75 Å². The van der Waals surface area contributed by atoms with Gasteiger partial charge in [0.1, 0.15) is 17.3 Å². The van der Waals surface area contributed by atoms with E-state index in [4.69, 9.17) is 9.15 Å². The number of nitrogens with one attached hydrogen (secondary N) is 1. The number of aryl methyl sites for hydroxylation is 1. The van der Waals surface area contributed by atoms with Crippen LogP contribution in [-0.2, 0) is 0 Å². The van der Waals surface area contributed by atoms with E-state index in [1.165, 1.54) is 6.21 Å². The van der Waals surface area contributed by atoms with E-state index >= 15 is 0 Å². The average Bonchev–Trinajstić information content (AvgIpc) is 2.86. The Morgan fingerprint density at radius 3 is 2.77 bits per heavy atom. The van der Waals surface area contributed by atoms with Gasteiger partial charge in [-0.15, -0.1) is 0 Å². The number of nitrogens with zero attached hydrogens (tertiary/aromatic N) is 1. The molecule has 0 radical (unpaired) electrons. The van der Waals surface area contributed by atoms with E-state index in [0.29, 0.717) is 17.1 Å². The topological polar surface area (TPSA) is 63.8 Å². The van der Waals surface area contributed by atoms with Gasteiger partial charge >= 0.3 is 0 Å². The van der Waals surface area contributed by atoms with Crippen molar-refractivity contribution in [3.05, 3.63) is 51.9 Å². The number of carbonyl (C=O) groups is 1. The molecule has 2 aromatic rings. The van der Waals surface area contributed by atoms with Gasteiger partial charge in [0.05, 0.1) is 17.9 Å². The zero-order valence-corrected chi connectivity index (χ0v) is 14.2. The highest BCUT2D eigenvalue weighted by atomic mass is 79.9. The minimum absolute atomic E-state index is 0.0256. The van der Waals surface area contributed by atoms with E-state index in [1.54, 1.807) is 18.2 Å². The molecule has 1 amide bonds. The Kier molecular flexibility index (Phi) is 5.38. The summed E-state index contributed by atoms with van der Waals surface area (Å²) in [5.74, 6) is 1.52. The summed E-state index contributed by atoms with van der Waals surface area (Å²) in [6.07, 6.45) is 1.42. The Bertz CT molecular complexity index is 692. The molecule has 0 aliphatic rings. The fraction of sp³-hybridized carbons (Fsp3) is 0.250. The number of hydrogen-bond acceptors (Lipinski definition) is 4. The quantitative estimate of drug-likeness (QED) is 0.646. The number of rotatable bonds is 5. The number of benzene rings is 1. The largest absolute Gasteiger partial charge is 0.490 e. The lowest BCUT2D eigenvalue weighted by Gasteiger charge is -2.13. The van der Waals surface area contributed by atoms with Gasteiger partial charge in [-0.2, -0.15) is 5.10 Å². The van der Waals surface area contributed by atoms with Crippen LogP contribution in [0.15, 0.2) is 44.3 Å². The van der Waals surface area contributed by atoms with E-state index in [2.05, 4.69) is 26.5 Å². The Labute approximate surface area is 137 Å². The monoisotopic (exact) mass is 364 g/mol. The minimum Gasteiger partial charge on any atom is -0.490 e. The maximum atomic E-state index is 12.2. The molecule has 0 aliphatic carbocycles. The van der Waals surface area contributed by atoms with Crippen molar-refractivity contribution in [1.29, 1.82) is 0 Å². The first kappa shape index (κ1) is 16.3. The fourth-order valence-electron chi connectivity index (χ4n) is 1.77. The standard InChI is InChI=1S/C16H17BrN2O3/c1-10(2)21-15-7-5-12(17)8-14(15)16(20)19-18-9-13-6-4-11(3)22-13/h4-10H,1-3H3,(H,19,20). The molecule has 6 heteroatoms. The number of hydrazone groups is 1. The van der Waals surface area contributed by atoms with Gasteiger partial charge in [0, 0.05) is 4.47 Å². The van der Waals surface area contributed by atoms with E-state index in [0.717, 1.165) is 10.2 Å². The summed E-state index contributed by atoms with van der Waals surface area (Å²) in [5.41, 5.74) is 2.88. The van der Waals surface area contributed by atoms with Crippen molar-refractivity contribution in [2.45, 2.75) is 26.9 Å². The van der Waals surface area contributed by atoms with Gasteiger partial charge in [0.2, 0.25) is 0 Å². The highest BCUT2D eigenvalue weighted by Gasteiger charge is 2.14. The van der Waals surface area contributed by atoms with Gasteiger partial charge in [-0.25, -0.2) is 5.43 Å². The van der Waals surface area contributed by atoms with Gasteiger partial charge < -0.3 is 9.15 Å². The molecule has 0 atom stereocenters. The van der Waals surface area contributed by atoms with Crippen LogP contribution >= 0.6 is 15.9 Å². The lowest BCUT2D eigenvalue weighted by Crippen LogP contribution is -2.20. The molecule has 5 nitrogen and oxygen atoms in total. The van der Waals surface area contributed by atoms with Crippen LogP contribution in [0.3, 0.4) is 0 Å². The molecule has 0 saturated carbocycles. The zero-order valence-electron chi connectivity index (χ0n) is 12.6. The van der Waals surface area contributed by atoms with Crippen molar-refractivity contribution in [2.75, 3.05) is 0 Å². The second-order valence-corrected chi connectivity index (χ2v) is 5.87. The summed E-state index contributed by atoms with van der Waals surface area (Å²) in [7, 11) is 0. The molecule has 0 aliphatic heterocycles. The third-order valence-corrected chi connectivity index (χ3v) is 3.16. The molecule has 0 saturated heterocycles. The highest BCUT2D eigenvalue weighted by Crippen LogP contribution is 2.24. The van der Waals surface area contributed by atoms with E-state index in [-0.39, 0.29) is 12.0 Å². The van der Waals surface area contributed by atoms with Crippen molar-refractivity contribution in [3.63, 3.8) is 0 Å². The first-order valence-electron chi connectivity index (χ1n) is 6.82. The maximum Gasteiger partial charge on any atom is 0.275 e. The van der Waals surface area contributed by atoms with Crippen molar-refractivity contribution < 1.29 is 13.9 Å². The molecular weight excluding hydrogens is 348 g/mol. The Balaban J connectivity index is 2.11. The van der Waals surface area contributed by atoms with Gasteiger partial charge in [-0.05, 0) is 51.1 Å². The Morgan fingerprint density at radius 1 is 1.36 bits per heavy atom. The summed E-state index contributed by atoms with van der Waals surface area (Å²) in [6.45, 7) is 5.65. The summed E-state index contributed by atoms with van der Waals surface area (Å²) in [5, 5.41) is 3.89. The molecule has 1 heterocycles. The molecule has 0 unspecified atom stereocenters. The molecule has 0 bridgehead atoms. The molecule has 1 aromatic carbocycles. The zero-order chi connectivity index (χ0) is 16.1. The number of amides is 1. The second-order valence-electron chi connectivity index (χ2n) is 4.95. The van der Waals surface area contributed by atoms with Crippen LogP contribution in [0.2, 0.25) is 0 Å². The van der Waals surface area contributed by atoms with E-state index in [1.807, 2.05) is 32.9 Å². The third kappa shape index (κ3) is 4.46. The van der Waals surface area contributed by atoms with Gasteiger partial charge in [0.25, 0.3) is 5.91 Å². The van der Waals surface area contributed by atoms with Crippen molar-refractivity contribution in [2.24, 2.45) is 5.10 Å². The number of carbonyl (C=O) groups excluding carboxylic acids is 1. The normalized spacial score (nSPS) is 11.1. The summed E-state index contributed by atoms with van der Waals surface area (Å²) in [6, 6.07) is 8.87. The molecule has 22 heavy (non-hydrogen) atoms. The first-order chi connectivity index (χ1) is 10.5. The molecule has 0 spiro atoms. The average molecular weight is 365 g/mol. The van der Waals surface area contributed by atoms with Crippen LogP contribution in [0.25, 0.3) is 0 Å². The number of halogens is 1. The number of ether oxygens (including phenoxy) is 1. The lowest BCUT2D eigenvalue weighted by molar-refractivity contribution is 0.0949. The number of hydrogen-bond donors (Lipinski definition) is 1. The van der Waals surface area contributed by atoms with Crippen LogP contribution in [0.4, 0.5) is 0 Å². The smallest absolute Gasteiger partial charge is 0.275 e. The minimum atomic E-state index is -0.350. The predicted octanol–water partition coefficient (Wildman–Crippen LogP) is 3.90. The summed E-state index contributed by atoms with van der Waals surface area (Å²) < 4.78 is 11.8. The van der Waals surface area contributed by atoms with Crippen LogP contribution in [-0.4, -0.2) is 18.2 Å². The fourth-order valence-corrected chi connectivity index (χ4v) is 2.13. The molecule has 2 rings (SSSR count). The van der Waals surface area contributed by atoms with Gasteiger partial charge in [0.15, 0.2) is 0 Å². The van der Waals surface area contributed by atoms with Crippen LogP contribution in [0, 0.1) is 6.92 Å². The molecule has 1 N–H and O–H groups in total. The van der Waals surface area contributed by atoms with E-state index < -0.39 is 0 Å². The third-order valence-electron chi connectivity index (χ3n) is 2.67. The maximum absolute atomic E-state index is 12.2. The molecule has 116 valence electrons. The van der Waals surface area contributed by atoms with Crippen LogP contribution in [0.1, 0.15) is 35.7 Å². The van der Waals surface area contributed by atoms with Crippen molar-refractivity contribution >= 4 is 28.1 Å². The first-order valence-corrected chi connectivity index (χ1v) is 7.61. The van der Waals surface area contributed by atoms with E-state index in [9.17, 15) is 4.79 Å². The van der Waals surface area contributed by atoms with Crippen molar-refractivity contribution in [3.8, 4) is 5.75 Å². The predicted molar refractivity (Wildman–Crippen MR) is 88.4 cm³/mol. The Hall–Kier alpha value is -2.08. The van der Waals surface area contributed by atoms with Crippen molar-refractivity contribution in [1.82, 2.24) is 5.43 Å². The molecule has 1 aromatic heterocycles. The molecular formula is C16H17BrN2O3. The van der Waals surface area contributed by atoms with Crippen LogP contribution < -0.4 is 10.2 Å². The van der Waals surface area contributed by atoms with Gasteiger partial charge in [-0.3, -0.25) is 4.79 Å². The highest BCUT2D eigenvalue weighted by molar-refractivity contribution is 9.10. The lowest BCUT2D eigenvalue weighted by atomic mass is 10.2. The molecule has 0 fully saturated rings. The SMILES string of the molecule is Cc1ccc(C=NNC(=O)c2cc(Br)ccc2OC(C)C)o1. The summed E-state index contributed by atoms with van der Waals surface area (Å²) >= 11 is 3.35. The van der Waals surface area contributed by atoms with Gasteiger partial charge in [-0.1, -0.05) is 15.9 Å². The summed E-state index contributed by atoms with van der Waals surface area (Å²) in [4.78, 5) is 12.2. The second kappa shape index (κ2) is 7.26. The number of furan rings is 1.